The van der Waals surface area contributed by atoms with Gasteiger partial charge >= 0.3 is 11.9 Å². The topological polar surface area (TPSA) is 95.7 Å². The minimum atomic E-state index is -0.409. The summed E-state index contributed by atoms with van der Waals surface area (Å²) in [5.41, 5.74) is 2.92. The van der Waals surface area contributed by atoms with Crippen LogP contribution in [0.5, 0.6) is 0 Å². The van der Waals surface area contributed by atoms with Crippen molar-refractivity contribution in [1.82, 2.24) is 0 Å². The third-order valence-corrected chi connectivity index (χ3v) is 6.74. The van der Waals surface area contributed by atoms with Gasteiger partial charge in [-0.3, -0.25) is 14.6 Å². The van der Waals surface area contributed by atoms with Crippen LogP contribution in [0.2, 0.25) is 0 Å². The van der Waals surface area contributed by atoms with Gasteiger partial charge in [0, 0.05) is 18.6 Å². The van der Waals surface area contributed by atoms with Crippen molar-refractivity contribution >= 4 is 17.6 Å². The molecular weight excluding hydrogens is 472 g/mol. The second-order valence-corrected chi connectivity index (χ2v) is 9.48. The lowest BCUT2D eigenvalue weighted by molar-refractivity contribution is -0.798. The highest BCUT2D eigenvalue weighted by molar-refractivity contribution is 5.73. The third-order valence-electron chi connectivity index (χ3n) is 6.74. The summed E-state index contributed by atoms with van der Waals surface area (Å²) in [6.45, 7) is 1.35. The smallest absolute Gasteiger partial charge is 0.362 e. The molecule has 0 N–H and O–H groups in total. The monoisotopic (exact) mass is 503 g/mol. The van der Waals surface area contributed by atoms with Crippen LogP contribution in [0, 0.1) is 10.1 Å². The van der Waals surface area contributed by atoms with Crippen molar-refractivity contribution in [3.05, 3.63) is 112 Å². The van der Waals surface area contributed by atoms with Crippen LogP contribution in [0.3, 0.4) is 0 Å². The molecular formula is C29H31N2O6+. The highest BCUT2D eigenvalue weighted by Crippen LogP contribution is 2.35. The predicted octanol–water partition coefficient (Wildman–Crippen LogP) is 4.60. The molecule has 1 unspecified atom stereocenters. The summed E-state index contributed by atoms with van der Waals surface area (Å²) in [4.78, 5) is 35.9. The standard InChI is InChI=1S/C29H31N2O6/c32-28(36-21-24-8-3-1-4-9-24)19-31(20-29(33)37-22-25-10-5-2-6-11-25)18-27(31)13-7-12-23-14-16-26(17-15-23)30(34)35/h1-6,8-11,14-17,27H,7,12-13,18-22H2/q+1. The van der Waals surface area contributed by atoms with Crippen LogP contribution in [0.4, 0.5) is 5.69 Å². The van der Waals surface area contributed by atoms with E-state index in [1.807, 2.05) is 60.7 Å². The lowest BCUT2D eigenvalue weighted by Crippen LogP contribution is -2.40. The van der Waals surface area contributed by atoms with Crippen LogP contribution >= 0.6 is 0 Å². The maximum absolute atomic E-state index is 12.7. The summed E-state index contributed by atoms with van der Waals surface area (Å²) in [5.74, 6) is -0.671. The average Bonchev–Trinajstić information content (AvgIpc) is 3.58. The summed E-state index contributed by atoms with van der Waals surface area (Å²) in [6.07, 6.45) is 2.45. The Morgan fingerprint density at radius 3 is 1.78 bits per heavy atom. The van der Waals surface area contributed by atoms with Crippen LogP contribution in [0.1, 0.15) is 29.5 Å². The summed E-state index contributed by atoms with van der Waals surface area (Å²) in [5, 5.41) is 10.9. The van der Waals surface area contributed by atoms with E-state index in [9.17, 15) is 19.7 Å². The van der Waals surface area contributed by atoms with E-state index in [4.69, 9.17) is 9.47 Å². The molecule has 4 rings (SSSR count). The van der Waals surface area contributed by atoms with Gasteiger partial charge in [0.15, 0.2) is 13.1 Å². The van der Waals surface area contributed by atoms with Gasteiger partial charge in [-0.1, -0.05) is 72.8 Å². The summed E-state index contributed by atoms with van der Waals surface area (Å²) >= 11 is 0. The van der Waals surface area contributed by atoms with Crippen LogP contribution < -0.4 is 0 Å². The minimum Gasteiger partial charge on any atom is -0.457 e. The fraction of sp³-hybridized carbons (Fsp3) is 0.310. The largest absolute Gasteiger partial charge is 0.457 e. The second kappa shape index (κ2) is 12.3. The van der Waals surface area contributed by atoms with Gasteiger partial charge in [0.1, 0.15) is 25.8 Å². The number of rotatable bonds is 13. The van der Waals surface area contributed by atoms with Gasteiger partial charge in [-0.25, -0.2) is 9.59 Å². The van der Waals surface area contributed by atoms with Gasteiger partial charge in [0.05, 0.1) is 4.92 Å². The molecule has 1 atom stereocenters. The number of ether oxygens (including phenoxy) is 2. The molecule has 1 aliphatic rings. The van der Waals surface area contributed by atoms with E-state index in [1.54, 1.807) is 12.1 Å². The summed E-state index contributed by atoms with van der Waals surface area (Å²) < 4.78 is 11.3. The van der Waals surface area contributed by atoms with Gasteiger partial charge < -0.3 is 9.47 Å². The molecule has 1 heterocycles. The molecule has 0 aliphatic carbocycles. The van der Waals surface area contributed by atoms with E-state index in [-0.39, 0.29) is 50.0 Å². The van der Waals surface area contributed by atoms with Crippen molar-refractivity contribution in [3.63, 3.8) is 0 Å². The van der Waals surface area contributed by atoms with E-state index in [1.165, 1.54) is 12.1 Å². The number of quaternary nitrogens is 1. The quantitative estimate of drug-likeness (QED) is 0.111. The van der Waals surface area contributed by atoms with Crippen molar-refractivity contribution in [1.29, 1.82) is 0 Å². The molecule has 0 radical (unpaired) electrons. The number of non-ortho nitro benzene ring substituents is 1. The number of nitrogens with zero attached hydrogens (tertiary/aromatic N) is 2. The molecule has 8 nitrogen and oxygen atoms in total. The number of nitro groups is 1. The molecule has 3 aromatic carbocycles. The Morgan fingerprint density at radius 1 is 0.784 bits per heavy atom. The van der Waals surface area contributed by atoms with Crippen molar-refractivity contribution < 1.29 is 28.5 Å². The molecule has 8 heteroatoms. The molecule has 0 spiro atoms. The van der Waals surface area contributed by atoms with Gasteiger partial charge in [0.25, 0.3) is 5.69 Å². The molecule has 1 aliphatic heterocycles. The zero-order valence-corrected chi connectivity index (χ0v) is 20.7. The van der Waals surface area contributed by atoms with Crippen LogP contribution in [-0.2, 0) is 38.7 Å². The molecule has 0 aromatic heterocycles. The van der Waals surface area contributed by atoms with E-state index >= 15 is 0 Å². The third kappa shape index (κ3) is 7.72. The maximum atomic E-state index is 12.7. The summed E-state index contributed by atoms with van der Waals surface area (Å²) in [7, 11) is 0. The van der Waals surface area contributed by atoms with E-state index in [0.29, 0.717) is 11.0 Å². The molecule has 37 heavy (non-hydrogen) atoms. The Labute approximate surface area is 216 Å². The molecule has 3 aromatic rings. The first-order valence-corrected chi connectivity index (χ1v) is 12.4. The molecule has 1 fully saturated rings. The van der Waals surface area contributed by atoms with E-state index in [2.05, 4.69) is 0 Å². The normalized spacial score (nSPS) is 15.5. The molecule has 1 saturated heterocycles. The number of benzene rings is 3. The Morgan fingerprint density at radius 2 is 1.30 bits per heavy atom. The van der Waals surface area contributed by atoms with Crippen LogP contribution in [-0.4, -0.2) is 47.0 Å². The maximum Gasteiger partial charge on any atom is 0.362 e. The molecule has 0 amide bonds. The number of nitro benzene ring substituents is 1. The average molecular weight is 504 g/mol. The first kappa shape index (κ1) is 26.0. The van der Waals surface area contributed by atoms with Crippen molar-refractivity contribution in [2.45, 2.75) is 38.5 Å². The van der Waals surface area contributed by atoms with Gasteiger partial charge in [0.2, 0.25) is 0 Å². The lowest BCUT2D eigenvalue weighted by atomic mass is 10.1. The van der Waals surface area contributed by atoms with Crippen LogP contribution in [0.15, 0.2) is 84.9 Å². The van der Waals surface area contributed by atoms with Gasteiger partial charge in [-0.05, 0) is 29.5 Å². The second-order valence-electron chi connectivity index (χ2n) is 9.48. The first-order valence-electron chi connectivity index (χ1n) is 12.4. The fourth-order valence-electron chi connectivity index (χ4n) is 4.59. The van der Waals surface area contributed by atoms with Crippen molar-refractivity contribution in [3.8, 4) is 0 Å². The van der Waals surface area contributed by atoms with Crippen molar-refractivity contribution in [2.24, 2.45) is 0 Å². The van der Waals surface area contributed by atoms with E-state index < -0.39 is 4.92 Å². The van der Waals surface area contributed by atoms with Crippen molar-refractivity contribution in [2.75, 3.05) is 19.6 Å². The van der Waals surface area contributed by atoms with Crippen LogP contribution in [0.25, 0.3) is 0 Å². The summed E-state index contributed by atoms with van der Waals surface area (Å²) in [6, 6.07) is 25.7. The SMILES string of the molecule is O=C(C[N+]1(CC(=O)OCc2ccccc2)CC1CCCc1ccc([N+](=O)[O-])cc1)OCc1ccccc1. The predicted molar refractivity (Wildman–Crippen MR) is 137 cm³/mol. The first-order chi connectivity index (χ1) is 17.9. The number of aryl methyl sites for hydroxylation is 1. The Balaban J connectivity index is 1.32. The number of carbonyl (C=O) groups is 2. The fourth-order valence-corrected chi connectivity index (χ4v) is 4.59. The number of esters is 2. The van der Waals surface area contributed by atoms with Gasteiger partial charge in [-0.15, -0.1) is 0 Å². The number of hydrogen-bond donors (Lipinski definition) is 0. The van der Waals surface area contributed by atoms with Gasteiger partial charge in [-0.2, -0.15) is 0 Å². The molecule has 0 saturated carbocycles. The molecule has 192 valence electrons. The zero-order chi connectivity index (χ0) is 26.1. The highest BCUT2D eigenvalue weighted by Gasteiger charge is 2.57. The number of hydrogen-bond acceptors (Lipinski definition) is 6. The van der Waals surface area contributed by atoms with E-state index in [0.717, 1.165) is 36.0 Å². The molecule has 0 bridgehead atoms. The zero-order valence-electron chi connectivity index (χ0n) is 20.7. The Kier molecular flexibility index (Phi) is 8.64. The minimum absolute atomic E-state index is 0.0738. The Hall–Kier alpha value is -4.04. The number of carbonyl (C=O) groups excluding carboxylic acids is 2. The lowest BCUT2D eigenvalue weighted by Gasteiger charge is -2.19. The highest BCUT2D eigenvalue weighted by atomic mass is 16.6. The Bertz CT molecular complexity index is 1140.